The predicted octanol–water partition coefficient (Wildman–Crippen LogP) is 5.44. The van der Waals surface area contributed by atoms with Gasteiger partial charge in [0.2, 0.25) is 10.0 Å². The number of ether oxygens (including phenoxy) is 1. The van der Waals surface area contributed by atoms with Crippen molar-refractivity contribution in [2.45, 2.75) is 76.7 Å². The Hall–Kier alpha value is -1.85. The van der Waals surface area contributed by atoms with Crippen LogP contribution in [0.3, 0.4) is 0 Å². The van der Waals surface area contributed by atoms with Crippen LogP contribution in [-0.4, -0.2) is 15.5 Å². The van der Waals surface area contributed by atoms with E-state index in [1.165, 1.54) is 24.0 Å². The SMILES string of the molecule is CC[C@@H](NS(=O)(=O)c1cc(C(C)C)c(OC)cc1C)c1ccc2c(c1)CCCC2. The molecule has 0 amide bonds. The first-order valence-corrected chi connectivity index (χ1v) is 12.1. The van der Waals surface area contributed by atoms with Crippen molar-refractivity contribution in [2.75, 3.05) is 7.11 Å². The number of nitrogens with one attached hydrogen (secondary N) is 1. The van der Waals surface area contributed by atoms with Crippen LogP contribution in [0.5, 0.6) is 5.75 Å². The lowest BCUT2D eigenvalue weighted by Crippen LogP contribution is -2.29. The van der Waals surface area contributed by atoms with Gasteiger partial charge in [0.1, 0.15) is 5.75 Å². The van der Waals surface area contributed by atoms with Gasteiger partial charge in [-0.3, -0.25) is 0 Å². The zero-order chi connectivity index (χ0) is 21.2. The highest BCUT2D eigenvalue weighted by Gasteiger charge is 2.25. The van der Waals surface area contributed by atoms with Crippen LogP contribution in [0.15, 0.2) is 35.2 Å². The lowest BCUT2D eigenvalue weighted by Gasteiger charge is -2.23. The third-order valence-corrected chi connectivity index (χ3v) is 7.53. The van der Waals surface area contributed by atoms with Crippen molar-refractivity contribution in [3.63, 3.8) is 0 Å². The van der Waals surface area contributed by atoms with Crippen molar-refractivity contribution >= 4 is 10.0 Å². The average molecular weight is 416 g/mol. The molecule has 0 spiro atoms. The van der Waals surface area contributed by atoms with E-state index in [9.17, 15) is 8.42 Å². The zero-order valence-electron chi connectivity index (χ0n) is 18.2. The molecule has 1 atom stereocenters. The van der Waals surface area contributed by atoms with E-state index < -0.39 is 10.0 Å². The van der Waals surface area contributed by atoms with Crippen LogP contribution >= 0.6 is 0 Å². The molecule has 1 aliphatic rings. The van der Waals surface area contributed by atoms with E-state index in [4.69, 9.17) is 4.74 Å². The maximum atomic E-state index is 13.3. The van der Waals surface area contributed by atoms with E-state index in [2.05, 4.69) is 22.9 Å². The third-order valence-electron chi connectivity index (χ3n) is 5.92. The number of rotatable bonds is 7. The number of methoxy groups -OCH3 is 1. The van der Waals surface area contributed by atoms with Crippen molar-refractivity contribution in [1.29, 1.82) is 0 Å². The van der Waals surface area contributed by atoms with E-state index >= 15 is 0 Å². The molecule has 1 aliphatic carbocycles. The molecule has 5 heteroatoms. The molecule has 0 fully saturated rings. The number of sulfonamides is 1. The summed E-state index contributed by atoms with van der Waals surface area (Å²) in [7, 11) is -2.04. The number of aryl methyl sites for hydroxylation is 3. The normalized spacial score (nSPS) is 15.2. The minimum absolute atomic E-state index is 0.169. The van der Waals surface area contributed by atoms with E-state index in [1.807, 2.05) is 33.8 Å². The largest absolute Gasteiger partial charge is 0.496 e. The van der Waals surface area contributed by atoms with Gasteiger partial charge in [-0.05, 0) is 84.9 Å². The molecule has 0 bridgehead atoms. The fourth-order valence-corrected chi connectivity index (χ4v) is 5.77. The summed E-state index contributed by atoms with van der Waals surface area (Å²) < 4.78 is 35.0. The van der Waals surface area contributed by atoms with Crippen LogP contribution < -0.4 is 9.46 Å². The highest BCUT2D eigenvalue weighted by atomic mass is 32.2. The summed E-state index contributed by atoms with van der Waals surface area (Å²) in [6, 6.07) is 9.81. The monoisotopic (exact) mass is 415 g/mol. The maximum absolute atomic E-state index is 13.3. The average Bonchev–Trinajstić information content (AvgIpc) is 2.70. The number of fused-ring (bicyclic) bond motifs is 1. The van der Waals surface area contributed by atoms with Crippen molar-refractivity contribution in [3.8, 4) is 5.75 Å². The second kappa shape index (κ2) is 8.88. The molecule has 0 aromatic heterocycles. The Morgan fingerprint density at radius 1 is 1.07 bits per heavy atom. The predicted molar refractivity (Wildman–Crippen MR) is 118 cm³/mol. The van der Waals surface area contributed by atoms with Gasteiger partial charge in [-0.25, -0.2) is 13.1 Å². The van der Waals surface area contributed by atoms with Crippen molar-refractivity contribution in [2.24, 2.45) is 0 Å². The zero-order valence-corrected chi connectivity index (χ0v) is 19.0. The molecule has 2 aromatic carbocycles. The minimum atomic E-state index is -3.66. The Labute approximate surface area is 175 Å². The molecule has 29 heavy (non-hydrogen) atoms. The summed E-state index contributed by atoms with van der Waals surface area (Å²) in [4.78, 5) is 0.332. The molecule has 3 rings (SSSR count). The standard InChI is InChI=1S/C24H33NO3S/c1-6-22(20-12-11-18-9-7-8-10-19(18)14-20)25-29(26,27)24-15-21(16(2)3)23(28-5)13-17(24)4/h11-16,22,25H,6-10H2,1-5H3/t22-/m1/s1. The Bertz CT molecular complexity index is 980. The molecular formula is C24H33NO3S. The molecule has 0 unspecified atom stereocenters. The number of benzene rings is 2. The molecule has 1 N–H and O–H groups in total. The molecular weight excluding hydrogens is 382 g/mol. The van der Waals surface area contributed by atoms with E-state index in [0.29, 0.717) is 16.9 Å². The van der Waals surface area contributed by atoms with Gasteiger partial charge < -0.3 is 4.74 Å². The number of hydrogen-bond acceptors (Lipinski definition) is 3. The van der Waals surface area contributed by atoms with E-state index in [0.717, 1.165) is 29.7 Å². The third kappa shape index (κ3) is 4.67. The first kappa shape index (κ1) is 21.8. The molecule has 0 saturated carbocycles. The fraction of sp³-hybridized carbons (Fsp3) is 0.500. The van der Waals surface area contributed by atoms with Gasteiger partial charge in [0.25, 0.3) is 0 Å². The second-order valence-corrected chi connectivity index (χ2v) is 10.0. The smallest absolute Gasteiger partial charge is 0.241 e. The summed E-state index contributed by atoms with van der Waals surface area (Å²) in [5.74, 6) is 0.903. The topological polar surface area (TPSA) is 55.4 Å². The second-order valence-electron chi connectivity index (χ2n) is 8.33. The highest BCUT2D eigenvalue weighted by Crippen LogP contribution is 2.33. The lowest BCUT2D eigenvalue weighted by molar-refractivity contribution is 0.406. The van der Waals surface area contributed by atoms with Gasteiger partial charge in [-0.2, -0.15) is 0 Å². The molecule has 0 radical (unpaired) electrons. The summed E-state index contributed by atoms with van der Waals surface area (Å²) >= 11 is 0. The lowest BCUT2D eigenvalue weighted by atomic mass is 9.89. The Kier molecular flexibility index (Phi) is 6.69. The van der Waals surface area contributed by atoms with E-state index in [-0.39, 0.29) is 12.0 Å². The van der Waals surface area contributed by atoms with Crippen LogP contribution in [-0.2, 0) is 22.9 Å². The molecule has 4 nitrogen and oxygen atoms in total. The van der Waals surface area contributed by atoms with Gasteiger partial charge in [-0.15, -0.1) is 0 Å². The summed E-state index contributed by atoms with van der Waals surface area (Å²) in [5, 5.41) is 0. The molecule has 0 aliphatic heterocycles. The highest BCUT2D eigenvalue weighted by molar-refractivity contribution is 7.89. The van der Waals surface area contributed by atoms with E-state index in [1.54, 1.807) is 13.2 Å². The first-order chi connectivity index (χ1) is 13.8. The van der Waals surface area contributed by atoms with Crippen LogP contribution in [0.4, 0.5) is 0 Å². The van der Waals surface area contributed by atoms with Gasteiger partial charge >= 0.3 is 0 Å². The van der Waals surface area contributed by atoms with Gasteiger partial charge in [-0.1, -0.05) is 39.0 Å². The molecule has 158 valence electrons. The van der Waals surface area contributed by atoms with Crippen LogP contribution in [0.25, 0.3) is 0 Å². The van der Waals surface area contributed by atoms with Crippen molar-refractivity contribution in [1.82, 2.24) is 4.72 Å². The van der Waals surface area contributed by atoms with Crippen molar-refractivity contribution in [3.05, 3.63) is 58.1 Å². The molecule has 0 saturated heterocycles. The first-order valence-electron chi connectivity index (χ1n) is 10.6. The Morgan fingerprint density at radius 3 is 2.38 bits per heavy atom. The Balaban J connectivity index is 1.94. The summed E-state index contributed by atoms with van der Waals surface area (Å²) in [6.45, 7) is 7.92. The van der Waals surface area contributed by atoms with Gasteiger partial charge in [0.15, 0.2) is 0 Å². The summed E-state index contributed by atoms with van der Waals surface area (Å²) in [5.41, 5.74) is 5.42. The molecule has 0 heterocycles. The van der Waals surface area contributed by atoms with Crippen LogP contribution in [0, 0.1) is 6.92 Å². The summed E-state index contributed by atoms with van der Waals surface area (Å²) in [6.07, 6.45) is 5.36. The van der Waals surface area contributed by atoms with Crippen molar-refractivity contribution < 1.29 is 13.2 Å². The van der Waals surface area contributed by atoms with Crippen LogP contribution in [0.2, 0.25) is 0 Å². The quantitative estimate of drug-likeness (QED) is 0.655. The van der Waals surface area contributed by atoms with Gasteiger partial charge in [0, 0.05) is 6.04 Å². The number of hydrogen-bond donors (Lipinski definition) is 1. The van der Waals surface area contributed by atoms with Crippen LogP contribution in [0.1, 0.15) is 79.8 Å². The maximum Gasteiger partial charge on any atom is 0.241 e. The fourth-order valence-electron chi connectivity index (χ4n) is 4.20. The van der Waals surface area contributed by atoms with Gasteiger partial charge in [0.05, 0.1) is 12.0 Å². The Morgan fingerprint density at radius 2 is 1.76 bits per heavy atom. The minimum Gasteiger partial charge on any atom is -0.496 e. The molecule has 2 aromatic rings.